The summed E-state index contributed by atoms with van der Waals surface area (Å²) in [6, 6.07) is 12.6. The summed E-state index contributed by atoms with van der Waals surface area (Å²) in [4.78, 5) is 17.0. The van der Waals surface area contributed by atoms with Crippen LogP contribution in [0.1, 0.15) is 34.2 Å². The molecule has 3 heterocycles. The third-order valence-electron chi connectivity index (χ3n) is 4.74. The Morgan fingerprint density at radius 1 is 1.15 bits per heavy atom. The van der Waals surface area contributed by atoms with E-state index in [9.17, 15) is 0 Å². The van der Waals surface area contributed by atoms with Crippen LogP contribution in [0.25, 0.3) is 0 Å². The van der Waals surface area contributed by atoms with E-state index in [2.05, 4.69) is 57.1 Å². The summed E-state index contributed by atoms with van der Waals surface area (Å²) in [5.41, 5.74) is 5.34. The number of benzene rings is 1. The van der Waals surface area contributed by atoms with E-state index < -0.39 is 0 Å². The normalized spacial score (nSPS) is 16.7. The lowest BCUT2D eigenvalue weighted by Gasteiger charge is -2.24. The highest BCUT2D eigenvalue weighted by atomic mass is 32.1. The fourth-order valence-corrected chi connectivity index (χ4v) is 3.99. The van der Waals surface area contributed by atoms with Gasteiger partial charge in [-0.2, -0.15) is 0 Å². The van der Waals surface area contributed by atoms with E-state index in [0.717, 1.165) is 49.9 Å². The summed E-state index contributed by atoms with van der Waals surface area (Å²) in [5, 5.41) is 0. The third-order valence-corrected chi connectivity index (χ3v) is 5.66. The van der Waals surface area contributed by atoms with Crippen LogP contribution in [0.15, 0.2) is 48.2 Å². The fourth-order valence-electron chi connectivity index (χ4n) is 3.20. The van der Waals surface area contributed by atoms with E-state index in [1.807, 2.05) is 11.6 Å². The molecule has 0 amide bonds. The maximum absolute atomic E-state index is 5.53. The number of rotatable bonds is 6. The lowest BCUT2D eigenvalue weighted by atomic mass is 10.0. The molecule has 0 aliphatic carbocycles. The van der Waals surface area contributed by atoms with Crippen molar-refractivity contribution in [2.24, 2.45) is 0 Å². The van der Waals surface area contributed by atoms with Gasteiger partial charge >= 0.3 is 0 Å². The van der Waals surface area contributed by atoms with Gasteiger partial charge in [0.1, 0.15) is 12.1 Å². The molecule has 1 aliphatic rings. The second-order valence-corrected chi connectivity index (χ2v) is 7.50. The molecule has 1 aliphatic heterocycles. The molecule has 1 saturated heterocycles. The van der Waals surface area contributed by atoms with Gasteiger partial charge in [0.05, 0.1) is 30.1 Å². The number of aryl methyl sites for hydroxylation is 1. The topological polar surface area (TPSA) is 51.1 Å². The number of hydrogen-bond donors (Lipinski definition) is 0. The largest absolute Gasteiger partial charge is 0.381 e. The van der Waals surface area contributed by atoms with E-state index in [1.165, 1.54) is 10.4 Å². The summed E-state index contributed by atoms with van der Waals surface area (Å²) in [6.07, 6.45) is 2.71. The molecule has 0 saturated carbocycles. The van der Waals surface area contributed by atoms with Gasteiger partial charge in [-0.3, -0.25) is 0 Å². The maximum atomic E-state index is 5.53. The van der Waals surface area contributed by atoms with Crippen molar-refractivity contribution in [3.8, 4) is 0 Å². The zero-order valence-corrected chi connectivity index (χ0v) is 15.7. The number of nitrogens with zero attached hydrogens (tertiary/aromatic N) is 4. The number of ether oxygens (including phenoxy) is 1. The predicted octanol–water partition coefficient (Wildman–Crippen LogP) is 3.95. The quantitative estimate of drug-likeness (QED) is 0.661. The summed E-state index contributed by atoms with van der Waals surface area (Å²) in [6.45, 7) is 5.23. The SMILES string of the molecule is Cc1ncsc1CN(Cc1ccccc1)c1cc([C@H]2CCOC2)ncn1. The minimum atomic E-state index is 0.375. The first-order valence-corrected chi connectivity index (χ1v) is 9.75. The fraction of sp³-hybridized carbons (Fsp3) is 0.350. The Bertz CT molecular complexity index is 846. The Balaban J connectivity index is 1.63. The van der Waals surface area contributed by atoms with Crippen LogP contribution >= 0.6 is 11.3 Å². The van der Waals surface area contributed by atoms with Gasteiger partial charge in [-0.25, -0.2) is 15.0 Å². The molecule has 6 heteroatoms. The lowest BCUT2D eigenvalue weighted by Crippen LogP contribution is -2.23. The van der Waals surface area contributed by atoms with Crippen LogP contribution in [0.5, 0.6) is 0 Å². The van der Waals surface area contributed by atoms with Gasteiger partial charge in [0.25, 0.3) is 0 Å². The van der Waals surface area contributed by atoms with E-state index in [4.69, 9.17) is 4.74 Å². The lowest BCUT2D eigenvalue weighted by molar-refractivity contribution is 0.193. The molecular formula is C20H22N4OS. The molecular weight excluding hydrogens is 344 g/mol. The number of hydrogen-bond acceptors (Lipinski definition) is 6. The van der Waals surface area contributed by atoms with Crippen LogP contribution in [0.2, 0.25) is 0 Å². The van der Waals surface area contributed by atoms with Crippen LogP contribution in [-0.4, -0.2) is 28.2 Å². The van der Waals surface area contributed by atoms with E-state index >= 15 is 0 Å². The van der Waals surface area contributed by atoms with E-state index in [1.54, 1.807) is 17.7 Å². The monoisotopic (exact) mass is 366 g/mol. The molecule has 0 radical (unpaired) electrons. The Morgan fingerprint density at radius 2 is 2.04 bits per heavy atom. The summed E-state index contributed by atoms with van der Waals surface area (Å²) in [7, 11) is 0. The van der Waals surface area contributed by atoms with E-state index in [-0.39, 0.29) is 0 Å². The van der Waals surface area contributed by atoms with Gasteiger partial charge < -0.3 is 9.64 Å². The predicted molar refractivity (Wildman–Crippen MR) is 103 cm³/mol. The number of thiazole rings is 1. The molecule has 3 aromatic rings. The Hall–Kier alpha value is -2.31. The molecule has 1 aromatic carbocycles. The molecule has 0 spiro atoms. The average Bonchev–Trinajstić information content (AvgIpc) is 3.35. The first-order chi connectivity index (χ1) is 12.8. The van der Waals surface area contributed by atoms with Crippen molar-refractivity contribution >= 4 is 17.2 Å². The molecule has 0 unspecified atom stereocenters. The second-order valence-electron chi connectivity index (χ2n) is 6.56. The molecule has 4 rings (SSSR count). The summed E-state index contributed by atoms with van der Waals surface area (Å²) < 4.78 is 5.53. The minimum absolute atomic E-state index is 0.375. The van der Waals surface area contributed by atoms with Crippen LogP contribution in [0, 0.1) is 6.92 Å². The molecule has 134 valence electrons. The summed E-state index contributed by atoms with van der Waals surface area (Å²) in [5.74, 6) is 1.33. The first kappa shape index (κ1) is 17.1. The zero-order valence-electron chi connectivity index (χ0n) is 14.8. The zero-order chi connectivity index (χ0) is 17.8. The highest BCUT2D eigenvalue weighted by molar-refractivity contribution is 7.09. The average molecular weight is 366 g/mol. The van der Waals surface area contributed by atoms with Crippen molar-refractivity contribution in [2.75, 3.05) is 18.1 Å². The molecule has 26 heavy (non-hydrogen) atoms. The van der Waals surface area contributed by atoms with Crippen molar-refractivity contribution in [1.82, 2.24) is 15.0 Å². The third kappa shape index (κ3) is 3.92. The van der Waals surface area contributed by atoms with Crippen molar-refractivity contribution in [3.63, 3.8) is 0 Å². The summed E-state index contributed by atoms with van der Waals surface area (Å²) >= 11 is 1.70. The van der Waals surface area contributed by atoms with Gasteiger partial charge in [0, 0.05) is 30.0 Å². The Labute approximate surface area is 157 Å². The van der Waals surface area contributed by atoms with Crippen molar-refractivity contribution in [3.05, 3.63) is 70.1 Å². The van der Waals surface area contributed by atoms with Gasteiger partial charge in [0.2, 0.25) is 0 Å². The van der Waals surface area contributed by atoms with Gasteiger partial charge in [0.15, 0.2) is 0 Å². The number of anilines is 1. The Kier molecular flexibility index (Phi) is 5.22. The number of aromatic nitrogens is 3. The molecule has 0 N–H and O–H groups in total. The van der Waals surface area contributed by atoms with E-state index in [0.29, 0.717) is 5.92 Å². The molecule has 0 bridgehead atoms. The molecule has 1 atom stereocenters. The second kappa shape index (κ2) is 7.93. The van der Waals surface area contributed by atoms with Crippen LogP contribution in [0.4, 0.5) is 5.82 Å². The molecule has 1 fully saturated rings. The highest BCUT2D eigenvalue weighted by Gasteiger charge is 2.21. The van der Waals surface area contributed by atoms with Gasteiger partial charge in [-0.1, -0.05) is 30.3 Å². The Morgan fingerprint density at radius 3 is 2.77 bits per heavy atom. The smallest absolute Gasteiger partial charge is 0.132 e. The van der Waals surface area contributed by atoms with Crippen LogP contribution in [-0.2, 0) is 17.8 Å². The maximum Gasteiger partial charge on any atom is 0.132 e. The van der Waals surface area contributed by atoms with Crippen molar-refractivity contribution in [2.45, 2.75) is 32.4 Å². The minimum Gasteiger partial charge on any atom is -0.381 e. The van der Waals surface area contributed by atoms with Gasteiger partial charge in [-0.15, -0.1) is 11.3 Å². The van der Waals surface area contributed by atoms with Gasteiger partial charge in [-0.05, 0) is 18.9 Å². The molecule has 5 nitrogen and oxygen atoms in total. The first-order valence-electron chi connectivity index (χ1n) is 8.87. The van der Waals surface area contributed by atoms with Crippen molar-refractivity contribution in [1.29, 1.82) is 0 Å². The van der Waals surface area contributed by atoms with Crippen LogP contribution in [0.3, 0.4) is 0 Å². The van der Waals surface area contributed by atoms with Crippen LogP contribution < -0.4 is 4.90 Å². The molecule has 2 aromatic heterocycles. The highest BCUT2D eigenvalue weighted by Crippen LogP contribution is 2.27. The van der Waals surface area contributed by atoms with Crippen molar-refractivity contribution < 1.29 is 4.74 Å². The standard InChI is InChI=1S/C20H22N4OS/c1-15-19(26-14-23-15)11-24(10-16-5-3-2-4-6-16)20-9-18(21-13-22-20)17-7-8-25-12-17/h2-6,9,13-14,17H,7-8,10-12H2,1H3/t17-/m0/s1.